The van der Waals surface area contributed by atoms with Gasteiger partial charge in [0.2, 0.25) is 0 Å². The number of halogens is 1. The van der Waals surface area contributed by atoms with Crippen LogP contribution in [0.3, 0.4) is 0 Å². The maximum absolute atomic E-state index is 6.88. The van der Waals surface area contributed by atoms with E-state index < -0.39 is 0 Å². The largest absolute Gasteiger partial charge is 0.375 e. The van der Waals surface area contributed by atoms with Gasteiger partial charge in [0.15, 0.2) is 0 Å². The van der Waals surface area contributed by atoms with Gasteiger partial charge in [-0.05, 0) is 35.2 Å². The number of benzene rings is 4. The van der Waals surface area contributed by atoms with Crippen molar-refractivity contribution in [3.8, 4) is 0 Å². The first-order valence-corrected chi connectivity index (χ1v) is 16.1. The minimum absolute atomic E-state index is 0. The van der Waals surface area contributed by atoms with Crippen molar-refractivity contribution in [1.82, 2.24) is 4.90 Å². The minimum atomic E-state index is -0.268. The Kier molecular flexibility index (Phi) is 15.3. The summed E-state index contributed by atoms with van der Waals surface area (Å²) in [6.45, 7) is 6.62. The van der Waals surface area contributed by atoms with E-state index in [9.17, 15) is 0 Å². The number of piperidine rings is 1. The Labute approximate surface area is 280 Å². The van der Waals surface area contributed by atoms with Crippen LogP contribution in [0.1, 0.15) is 48.4 Å². The molecule has 0 saturated carbocycles. The van der Waals surface area contributed by atoms with Crippen molar-refractivity contribution in [1.29, 1.82) is 0 Å². The molecule has 4 atom stereocenters. The highest BCUT2D eigenvalue weighted by molar-refractivity contribution is 8.93. The average molecular weight is 675 g/mol. The molecule has 0 aromatic heterocycles. The Balaban J connectivity index is 0.00000461. The van der Waals surface area contributed by atoms with Crippen molar-refractivity contribution < 1.29 is 18.9 Å². The predicted molar refractivity (Wildman–Crippen MR) is 186 cm³/mol. The van der Waals surface area contributed by atoms with E-state index in [1.165, 1.54) is 18.4 Å². The number of unbranched alkanes of at least 4 members (excludes halogenated alkanes) is 2. The van der Waals surface area contributed by atoms with E-state index in [2.05, 4.69) is 109 Å². The molecule has 0 spiro atoms. The molecule has 1 heterocycles. The molecule has 5 nitrogen and oxygen atoms in total. The lowest BCUT2D eigenvalue weighted by atomic mass is 9.92. The van der Waals surface area contributed by atoms with Crippen molar-refractivity contribution in [2.45, 2.75) is 77.0 Å². The third-order valence-electron chi connectivity index (χ3n) is 8.28. The van der Waals surface area contributed by atoms with Gasteiger partial charge in [-0.3, -0.25) is 4.90 Å². The Morgan fingerprint density at radius 1 is 0.556 bits per heavy atom. The van der Waals surface area contributed by atoms with Gasteiger partial charge < -0.3 is 18.9 Å². The first-order valence-electron chi connectivity index (χ1n) is 16.1. The molecule has 5 rings (SSSR count). The highest BCUT2D eigenvalue weighted by Crippen LogP contribution is 2.29. The molecule has 4 unspecified atom stereocenters. The normalized spacial score (nSPS) is 20.0. The van der Waals surface area contributed by atoms with Gasteiger partial charge in [0.25, 0.3) is 0 Å². The lowest BCUT2D eigenvalue weighted by molar-refractivity contribution is -0.210. The molecule has 4 aromatic carbocycles. The summed E-state index contributed by atoms with van der Waals surface area (Å²) in [5.74, 6) is 0. The number of nitrogens with zero attached hydrogens (tertiary/aromatic N) is 1. The van der Waals surface area contributed by atoms with Crippen LogP contribution in [-0.4, -0.2) is 49.0 Å². The van der Waals surface area contributed by atoms with Crippen molar-refractivity contribution in [3.05, 3.63) is 144 Å². The summed E-state index contributed by atoms with van der Waals surface area (Å²) < 4.78 is 26.8. The monoisotopic (exact) mass is 673 g/mol. The average Bonchev–Trinajstić information content (AvgIpc) is 3.08. The minimum Gasteiger partial charge on any atom is -0.375 e. The summed E-state index contributed by atoms with van der Waals surface area (Å²) in [7, 11) is 0. The molecule has 1 aliphatic heterocycles. The van der Waals surface area contributed by atoms with Gasteiger partial charge in [0.1, 0.15) is 12.2 Å². The number of likely N-dealkylation sites (tertiary alicyclic amines) is 1. The van der Waals surface area contributed by atoms with Gasteiger partial charge in [0.05, 0.1) is 45.2 Å². The third-order valence-corrected chi connectivity index (χ3v) is 8.28. The van der Waals surface area contributed by atoms with E-state index in [-0.39, 0.29) is 41.3 Å². The zero-order chi connectivity index (χ0) is 30.2. The van der Waals surface area contributed by atoms with Crippen LogP contribution in [0.25, 0.3) is 0 Å². The summed E-state index contributed by atoms with van der Waals surface area (Å²) in [6, 6.07) is 41.6. The van der Waals surface area contributed by atoms with Crippen molar-refractivity contribution in [2.75, 3.05) is 19.7 Å². The van der Waals surface area contributed by atoms with Crippen LogP contribution in [0, 0.1) is 0 Å². The standard InChI is InChI=1S/C39H47NO4.BrH/c1-2-3-16-25-40-26-37(42-28-33-19-10-5-11-20-33)39(44-30-35-23-14-7-15-24-35)38(43-29-34-21-12-6-13-22-34)36(40)31-41-27-32-17-8-4-9-18-32;/h4-15,17-24,36-39H,2-3,16,25-31H2,1H3;1H. The molecule has 45 heavy (non-hydrogen) atoms. The van der Waals surface area contributed by atoms with Crippen LogP contribution >= 0.6 is 17.0 Å². The lowest BCUT2D eigenvalue weighted by Crippen LogP contribution is -2.64. The highest BCUT2D eigenvalue weighted by Gasteiger charge is 2.46. The second kappa shape index (κ2) is 19.6. The SMILES string of the molecule is Br.CCCCCN1CC(OCc2ccccc2)C(OCc2ccccc2)C(OCc2ccccc2)C1COCc1ccccc1. The zero-order valence-corrected chi connectivity index (χ0v) is 28.1. The van der Waals surface area contributed by atoms with Crippen molar-refractivity contribution in [3.63, 3.8) is 0 Å². The molecule has 0 amide bonds. The van der Waals surface area contributed by atoms with Crippen LogP contribution in [0.2, 0.25) is 0 Å². The van der Waals surface area contributed by atoms with Crippen LogP contribution in [0.15, 0.2) is 121 Å². The maximum Gasteiger partial charge on any atom is 0.113 e. The van der Waals surface area contributed by atoms with E-state index in [4.69, 9.17) is 18.9 Å². The summed E-state index contributed by atoms with van der Waals surface area (Å²) in [5.41, 5.74) is 4.60. The van der Waals surface area contributed by atoms with Crippen LogP contribution < -0.4 is 0 Å². The Morgan fingerprint density at radius 3 is 1.49 bits per heavy atom. The number of rotatable bonds is 17. The van der Waals surface area contributed by atoms with Gasteiger partial charge >= 0.3 is 0 Å². The Hall–Kier alpha value is -2.84. The lowest BCUT2D eigenvalue weighted by Gasteiger charge is -2.48. The first-order chi connectivity index (χ1) is 21.8. The van der Waals surface area contributed by atoms with Crippen molar-refractivity contribution >= 4 is 17.0 Å². The Morgan fingerprint density at radius 2 is 1.00 bits per heavy atom. The molecule has 0 bridgehead atoms. The summed E-state index contributed by atoms with van der Waals surface area (Å²) >= 11 is 0. The van der Waals surface area contributed by atoms with Crippen LogP contribution in [0.5, 0.6) is 0 Å². The molecular formula is C39H48BrNO4. The van der Waals surface area contributed by atoms with Crippen molar-refractivity contribution in [2.24, 2.45) is 0 Å². The second-order valence-electron chi connectivity index (χ2n) is 11.6. The second-order valence-corrected chi connectivity index (χ2v) is 11.6. The molecule has 0 radical (unpaired) electrons. The fourth-order valence-corrected chi connectivity index (χ4v) is 5.87. The summed E-state index contributed by atoms with van der Waals surface area (Å²) in [6.07, 6.45) is 2.81. The Bertz CT molecular complexity index is 1310. The predicted octanol–water partition coefficient (Wildman–Crippen LogP) is 8.41. The fourth-order valence-electron chi connectivity index (χ4n) is 5.87. The third kappa shape index (κ3) is 11.2. The van der Waals surface area contributed by atoms with Crippen LogP contribution in [0.4, 0.5) is 0 Å². The van der Waals surface area contributed by atoms with Crippen LogP contribution in [-0.2, 0) is 45.4 Å². The van der Waals surface area contributed by atoms with E-state index >= 15 is 0 Å². The highest BCUT2D eigenvalue weighted by atomic mass is 79.9. The maximum atomic E-state index is 6.88. The van der Waals surface area contributed by atoms with E-state index in [0.29, 0.717) is 33.0 Å². The molecule has 6 heteroatoms. The number of hydrogen-bond donors (Lipinski definition) is 0. The molecule has 240 valence electrons. The van der Waals surface area contributed by atoms with Gasteiger partial charge in [-0.25, -0.2) is 0 Å². The van der Waals surface area contributed by atoms with Gasteiger partial charge in [-0.2, -0.15) is 0 Å². The topological polar surface area (TPSA) is 40.2 Å². The first kappa shape index (κ1) is 35.0. The molecule has 1 saturated heterocycles. The smallest absolute Gasteiger partial charge is 0.113 e. The molecule has 0 aliphatic carbocycles. The number of hydrogen-bond acceptors (Lipinski definition) is 5. The molecular weight excluding hydrogens is 626 g/mol. The van der Waals surface area contributed by atoms with E-state index in [1.54, 1.807) is 0 Å². The van der Waals surface area contributed by atoms with Gasteiger partial charge in [0, 0.05) is 6.54 Å². The quantitative estimate of drug-likeness (QED) is 0.105. The summed E-state index contributed by atoms with van der Waals surface area (Å²) in [4.78, 5) is 2.54. The van der Waals surface area contributed by atoms with E-state index in [1.807, 2.05) is 24.3 Å². The number of ether oxygens (including phenoxy) is 4. The molecule has 1 fully saturated rings. The fraction of sp³-hybridized carbons (Fsp3) is 0.385. The zero-order valence-electron chi connectivity index (χ0n) is 26.4. The van der Waals surface area contributed by atoms with Gasteiger partial charge in [-0.1, -0.05) is 141 Å². The summed E-state index contributed by atoms with van der Waals surface area (Å²) in [5, 5.41) is 0. The molecule has 4 aromatic rings. The molecule has 1 aliphatic rings. The molecule has 0 N–H and O–H groups in total. The van der Waals surface area contributed by atoms with Gasteiger partial charge in [-0.15, -0.1) is 17.0 Å². The van der Waals surface area contributed by atoms with E-state index in [0.717, 1.165) is 36.2 Å².